The largest absolute Gasteiger partial charge is 0.454 e. The second-order valence-corrected chi connectivity index (χ2v) is 5.85. The second-order valence-electron chi connectivity index (χ2n) is 5.85. The molecule has 2 aromatic carbocycles. The number of benzene rings is 2. The van der Waals surface area contributed by atoms with Gasteiger partial charge in [-0.25, -0.2) is 4.39 Å². The van der Waals surface area contributed by atoms with Gasteiger partial charge in [0.05, 0.1) is 0 Å². The molecule has 0 radical (unpaired) electrons. The number of ether oxygens (including phenoxy) is 1. The van der Waals surface area contributed by atoms with Gasteiger partial charge in [0, 0.05) is 6.54 Å². The molecule has 0 aliphatic rings. The lowest BCUT2D eigenvalue weighted by Gasteiger charge is -2.19. The van der Waals surface area contributed by atoms with Crippen molar-refractivity contribution in [3.63, 3.8) is 0 Å². The van der Waals surface area contributed by atoms with E-state index in [2.05, 4.69) is 20.8 Å². The molecule has 0 aliphatic heterocycles. The molecule has 0 amide bonds. The van der Waals surface area contributed by atoms with Gasteiger partial charge in [-0.05, 0) is 40.8 Å². The van der Waals surface area contributed by atoms with E-state index in [4.69, 9.17) is 10.5 Å². The van der Waals surface area contributed by atoms with Gasteiger partial charge in [-0.15, -0.1) is 0 Å². The SMILES string of the molecule is CC(C)(C)c1ccc(Oc2ccc(CN)cc2F)cc1. The molecule has 0 unspecified atom stereocenters. The first-order valence-corrected chi connectivity index (χ1v) is 6.67. The molecule has 0 aromatic heterocycles. The van der Waals surface area contributed by atoms with Crippen molar-refractivity contribution in [1.29, 1.82) is 0 Å². The number of hydrogen-bond donors (Lipinski definition) is 1. The van der Waals surface area contributed by atoms with E-state index in [1.165, 1.54) is 11.6 Å². The van der Waals surface area contributed by atoms with Gasteiger partial charge in [-0.3, -0.25) is 0 Å². The Labute approximate surface area is 119 Å². The van der Waals surface area contributed by atoms with E-state index < -0.39 is 5.82 Å². The highest BCUT2D eigenvalue weighted by atomic mass is 19.1. The third kappa shape index (κ3) is 3.36. The van der Waals surface area contributed by atoms with Gasteiger partial charge in [0.2, 0.25) is 0 Å². The van der Waals surface area contributed by atoms with Crippen LogP contribution in [0.2, 0.25) is 0 Å². The molecule has 0 aliphatic carbocycles. The summed E-state index contributed by atoms with van der Waals surface area (Å²) in [5, 5.41) is 0. The minimum Gasteiger partial charge on any atom is -0.454 e. The molecule has 2 aromatic rings. The third-order valence-corrected chi connectivity index (χ3v) is 3.18. The molecule has 0 atom stereocenters. The summed E-state index contributed by atoms with van der Waals surface area (Å²) in [5.41, 5.74) is 7.52. The summed E-state index contributed by atoms with van der Waals surface area (Å²) in [4.78, 5) is 0. The van der Waals surface area contributed by atoms with Gasteiger partial charge in [0.25, 0.3) is 0 Å². The molecule has 3 heteroatoms. The molecule has 106 valence electrons. The topological polar surface area (TPSA) is 35.2 Å². The zero-order chi connectivity index (χ0) is 14.8. The fourth-order valence-corrected chi connectivity index (χ4v) is 1.90. The molecule has 0 heterocycles. The molecule has 0 saturated carbocycles. The Kier molecular flexibility index (Phi) is 4.09. The maximum Gasteiger partial charge on any atom is 0.166 e. The second kappa shape index (κ2) is 5.63. The lowest BCUT2D eigenvalue weighted by molar-refractivity contribution is 0.441. The van der Waals surface area contributed by atoms with Crippen LogP contribution >= 0.6 is 0 Å². The summed E-state index contributed by atoms with van der Waals surface area (Å²) in [6, 6.07) is 12.5. The molecule has 0 saturated heterocycles. The van der Waals surface area contributed by atoms with Crippen molar-refractivity contribution in [1.82, 2.24) is 0 Å². The molecule has 20 heavy (non-hydrogen) atoms. The molecule has 2 nitrogen and oxygen atoms in total. The smallest absolute Gasteiger partial charge is 0.166 e. The lowest BCUT2D eigenvalue weighted by atomic mass is 9.87. The van der Waals surface area contributed by atoms with E-state index in [9.17, 15) is 4.39 Å². The Morgan fingerprint density at radius 3 is 2.20 bits per heavy atom. The summed E-state index contributed by atoms with van der Waals surface area (Å²) >= 11 is 0. The fraction of sp³-hybridized carbons (Fsp3) is 0.294. The number of hydrogen-bond acceptors (Lipinski definition) is 2. The first-order chi connectivity index (χ1) is 9.40. The summed E-state index contributed by atoms with van der Waals surface area (Å²) < 4.78 is 19.4. The van der Waals surface area contributed by atoms with Crippen LogP contribution in [0.3, 0.4) is 0 Å². The Morgan fingerprint density at radius 1 is 1.05 bits per heavy atom. The van der Waals surface area contributed by atoms with Crippen LogP contribution in [0.5, 0.6) is 11.5 Å². The Hall–Kier alpha value is -1.87. The van der Waals surface area contributed by atoms with Crippen molar-refractivity contribution >= 4 is 0 Å². The first-order valence-electron chi connectivity index (χ1n) is 6.67. The van der Waals surface area contributed by atoms with Gasteiger partial charge in [0.1, 0.15) is 5.75 Å². The van der Waals surface area contributed by atoms with Gasteiger partial charge in [0.15, 0.2) is 11.6 Å². The minimum absolute atomic E-state index is 0.0898. The van der Waals surface area contributed by atoms with E-state index >= 15 is 0 Å². The number of nitrogens with two attached hydrogens (primary N) is 1. The van der Waals surface area contributed by atoms with Crippen LogP contribution in [0.1, 0.15) is 31.9 Å². The van der Waals surface area contributed by atoms with Crippen LogP contribution in [0, 0.1) is 5.82 Å². The predicted molar refractivity (Wildman–Crippen MR) is 79.5 cm³/mol. The Balaban J connectivity index is 2.18. The molecule has 0 fully saturated rings. The van der Waals surface area contributed by atoms with Crippen molar-refractivity contribution in [3.8, 4) is 11.5 Å². The average molecular weight is 273 g/mol. The van der Waals surface area contributed by atoms with Crippen LogP contribution in [-0.4, -0.2) is 0 Å². The molecule has 2 N–H and O–H groups in total. The average Bonchev–Trinajstić information content (AvgIpc) is 2.40. The highest BCUT2D eigenvalue weighted by molar-refractivity contribution is 5.37. The zero-order valence-electron chi connectivity index (χ0n) is 12.1. The highest BCUT2D eigenvalue weighted by Crippen LogP contribution is 2.28. The summed E-state index contributed by atoms with van der Waals surface area (Å²) in [6.45, 7) is 6.76. The van der Waals surface area contributed by atoms with Crippen LogP contribution < -0.4 is 10.5 Å². The van der Waals surface area contributed by atoms with E-state index in [-0.39, 0.29) is 11.2 Å². The van der Waals surface area contributed by atoms with Crippen LogP contribution in [0.15, 0.2) is 42.5 Å². The van der Waals surface area contributed by atoms with Crippen LogP contribution in [-0.2, 0) is 12.0 Å². The van der Waals surface area contributed by atoms with Gasteiger partial charge in [-0.2, -0.15) is 0 Å². The van der Waals surface area contributed by atoms with E-state index in [0.717, 1.165) is 5.56 Å². The molecule has 0 bridgehead atoms. The fourth-order valence-electron chi connectivity index (χ4n) is 1.90. The standard InChI is InChI=1S/C17H20FNO/c1-17(2,3)13-5-7-14(8-6-13)20-16-9-4-12(11-19)10-15(16)18/h4-10H,11,19H2,1-3H3. The van der Waals surface area contributed by atoms with Crippen molar-refractivity contribution in [2.24, 2.45) is 5.73 Å². The summed E-state index contributed by atoms with van der Waals surface area (Å²) in [7, 11) is 0. The van der Waals surface area contributed by atoms with E-state index in [0.29, 0.717) is 12.3 Å². The summed E-state index contributed by atoms with van der Waals surface area (Å²) in [6.07, 6.45) is 0. The maximum absolute atomic E-state index is 13.8. The zero-order valence-corrected chi connectivity index (χ0v) is 12.1. The molecular formula is C17H20FNO. The number of rotatable bonds is 3. The molecule has 0 spiro atoms. The predicted octanol–water partition coefficient (Wildman–Crippen LogP) is 4.37. The molecule has 2 rings (SSSR count). The molecular weight excluding hydrogens is 253 g/mol. The maximum atomic E-state index is 13.8. The monoisotopic (exact) mass is 273 g/mol. The minimum atomic E-state index is -0.396. The number of halogens is 1. The first kappa shape index (κ1) is 14.5. The normalized spacial score (nSPS) is 11.4. The van der Waals surface area contributed by atoms with Crippen molar-refractivity contribution in [2.75, 3.05) is 0 Å². The van der Waals surface area contributed by atoms with Crippen molar-refractivity contribution in [3.05, 3.63) is 59.4 Å². The Bertz CT molecular complexity index is 585. The Morgan fingerprint density at radius 2 is 1.70 bits per heavy atom. The summed E-state index contributed by atoms with van der Waals surface area (Å²) in [5.74, 6) is 0.441. The van der Waals surface area contributed by atoms with E-state index in [1.54, 1.807) is 12.1 Å². The highest BCUT2D eigenvalue weighted by Gasteiger charge is 2.13. The lowest BCUT2D eigenvalue weighted by Crippen LogP contribution is -2.10. The van der Waals surface area contributed by atoms with Gasteiger partial charge < -0.3 is 10.5 Å². The van der Waals surface area contributed by atoms with E-state index in [1.807, 2.05) is 24.3 Å². The van der Waals surface area contributed by atoms with Gasteiger partial charge in [-0.1, -0.05) is 39.0 Å². The third-order valence-electron chi connectivity index (χ3n) is 3.18. The van der Waals surface area contributed by atoms with Crippen molar-refractivity contribution < 1.29 is 9.13 Å². The van der Waals surface area contributed by atoms with Gasteiger partial charge >= 0.3 is 0 Å². The quantitative estimate of drug-likeness (QED) is 0.901. The van der Waals surface area contributed by atoms with Crippen LogP contribution in [0.25, 0.3) is 0 Å². The van der Waals surface area contributed by atoms with Crippen molar-refractivity contribution in [2.45, 2.75) is 32.7 Å². The van der Waals surface area contributed by atoms with Crippen LogP contribution in [0.4, 0.5) is 4.39 Å².